The van der Waals surface area contributed by atoms with E-state index in [9.17, 15) is 19.2 Å². The zero-order valence-corrected chi connectivity index (χ0v) is 14.1. The van der Waals surface area contributed by atoms with E-state index in [1.54, 1.807) is 31.2 Å². The Bertz CT molecular complexity index is 799. The summed E-state index contributed by atoms with van der Waals surface area (Å²) in [5.41, 5.74) is 1.15. The molecule has 0 bridgehead atoms. The highest BCUT2D eigenvalue weighted by molar-refractivity contribution is 6.47. The van der Waals surface area contributed by atoms with Crippen molar-refractivity contribution in [1.29, 1.82) is 0 Å². The van der Waals surface area contributed by atoms with Crippen LogP contribution in [0.1, 0.15) is 19.4 Å². The van der Waals surface area contributed by atoms with E-state index in [2.05, 4.69) is 5.10 Å². The van der Waals surface area contributed by atoms with Gasteiger partial charge in [0, 0.05) is 6.92 Å². The van der Waals surface area contributed by atoms with Gasteiger partial charge in [0.25, 0.3) is 5.91 Å². The van der Waals surface area contributed by atoms with Crippen LogP contribution in [0.5, 0.6) is 0 Å². The first-order valence-corrected chi connectivity index (χ1v) is 7.86. The van der Waals surface area contributed by atoms with Crippen LogP contribution in [0.4, 0.5) is 5.69 Å². The summed E-state index contributed by atoms with van der Waals surface area (Å²) in [4.78, 5) is 50.6. The first-order valence-electron chi connectivity index (χ1n) is 7.86. The molecule has 2 atom stereocenters. The molecule has 0 radical (unpaired) electrons. The standard InChI is InChI=1S/C17H17N3O5/c1-4-25-17(24)13-12-14(20(18-13)10(3)21)16(23)19(15(12)22)11-7-5-9(2)6-8-11/h5-8,12,14H,4H2,1-3H3/t12-,14+/m0/s1. The smallest absolute Gasteiger partial charge is 0.355 e. The summed E-state index contributed by atoms with van der Waals surface area (Å²) in [7, 11) is 0. The molecule has 1 aromatic rings. The maximum atomic E-state index is 12.8. The van der Waals surface area contributed by atoms with Gasteiger partial charge in [-0.15, -0.1) is 0 Å². The molecule has 0 N–H and O–H groups in total. The van der Waals surface area contributed by atoms with Crippen LogP contribution in [0.25, 0.3) is 0 Å². The van der Waals surface area contributed by atoms with Crippen molar-refractivity contribution in [3.8, 4) is 0 Å². The van der Waals surface area contributed by atoms with Gasteiger partial charge in [-0.3, -0.25) is 14.4 Å². The monoisotopic (exact) mass is 343 g/mol. The van der Waals surface area contributed by atoms with E-state index in [0.29, 0.717) is 5.69 Å². The Morgan fingerprint density at radius 1 is 1.16 bits per heavy atom. The van der Waals surface area contributed by atoms with Gasteiger partial charge in [0.15, 0.2) is 11.8 Å². The lowest BCUT2D eigenvalue weighted by Gasteiger charge is -2.19. The molecule has 1 aromatic carbocycles. The number of anilines is 1. The lowest BCUT2D eigenvalue weighted by atomic mass is 9.98. The van der Waals surface area contributed by atoms with Crippen molar-refractivity contribution in [3.05, 3.63) is 29.8 Å². The topological polar surface area (TPSA) is 96.3 Å². The maximum Gasteiger partial charge on any atom is 0.355 e. The summed E-state index contributed by atoms with van der Waals surface area (Å²) in [5, 5.41) is 4.79. The average molecular weight is 343 g/mol. The zero-order chi connectivity index (χ0) is 18.3. The summed E-state index contributed by atoms with van der Waals surface area (Å²) in [5.74, 6) is -3.64. The number of imide groups is 1. The number of carbonyl (C=O) groups excluding carboxylic acids is 4. The summed E-state index contributed by atoms with van der Waals surface area (Å²) < 4.78 is 4.91. The Balaban J connectivity index is 2.03. The molecule has 3 rings (SSSR count). The molecule has 1 saturated heterocycles. The van der Waals surface area contributed by atoms with Crippen molar-refractivity contribution in [1.82, 2.24) is 5.01 Å². The van der Waals surface area contributed by atoms with E-state index < -0.39 is 35.7 Å². The Kier molecular flexibility index (Phi) is 4.12. The van der Waals surface area contributed by atoms with Gasteiger partial charge in [-0.05, 0) is 26.0 Å². The number of esters is 1. The Morgan fingerprint density at radius 3 is 2.36 bits per heavy atom. The molecule has 1 fully saturated rings. The predicted molar refractivity (Wildman–Crippen MR) is 87.5 cm³/mol. The van der Waals surface area contributed by atoms with Crippen molar-refractivity contribution >= 4 is 35.1 Å². The van der Waals surface area contributed by atoms with E-state index in [4.69, 9.17) is 4.74 Å². The molecule has 2 aliphatic heterocycles. The number of benzene rings is 1. The first-order chi connectivity index (χ1) is 11.9. The number of hydrazone groups is 1. The van der Waals surface area contributed by atoms with Crippen molar-refractivity contribution in [2.45, 2.75) is 26.8 Å². The summed E-state index contributed by atoms with van der Waals surface area (Å²) in [6.07, 6.45) is 0. The van der Waals surface area contributed by atoms with Gasteiger partial charge in [-0.25, -0.2) is 14.7 Å². The number of ether oxygens (including phenoxy) is 1. The number of fused-ring (bicyclic) bond motifs is 1. The third-order valence-electron chi connectivity index (χ3n) is 4.15. The molecule has 0 saturated carbocycles. The van der Waals surface area contributed by atoms with Crippen LogP contribution >= 0.6 is 0 Å². The highest BCUT2D eigenvalue weighted by Crippen LogP contribution is 2.35. The van der Waals surface area contributed by atoms with Crippen molar-refractivity contribution < 1.29 is 23.9 Å². The number of carbonyl (C=O) groups is 4. The highest BCUT2D eigenvalue weighted by Gasteiger charge is 2.59. The van der Waals surface area contributed by atoms with Crippen LogP contribution in [-0.2, 0) is 23.9 Å². The van der Waals surface area contributed by atoms with Crippen LogP contribution in [0, 0.1) is 12.8 Å². The second-order valence-corrected chi connectivity index (χ2v) is 5.84. The Labute approximate surface area is 144 Å². The van der Waals surface area contributed by atoms with Crippen LogP contribution in [0.15, 0.2) is 29.4 Å². The predicted octanol–water partition coefficient (Wildman–Crippen LogP) is 0.634. The van der Waals surface area contributed by atoms with Gasteiger partial charge in [-0.2, -0.15) is 5.10 Å². The van der Waals surface area contributed by atoms with Crippen LogP contribution in [0.3, 0.4) is 0 Å². The fourth-order valence-corrected chi connectivity index (χ4v) is 3.00. The van der Waals surface area contributed by atoms with Gasteiger partial charge in [0.1, 0.15) is 5.92 Å². The fraction of sp³-hybridized carbons (Fsp3) is 0.353. The fourth-order valence-electron chi connectivity index (χ4n) is 3.00. The number of hydrogen-bond acceptors (Lipinski definition) is 6. The first kappa shape index (κ1) is 16.8. The van der Waals surface area contributed by atoms with Crippen LogP contribution < -0.4 is 4.90 Å². The number of amides is 3. The van der Waals surface area contributed by atoms with E-state index in [1.165, 1.54) is 6.92 Å². The third-order valence-corrected chi connectivity index (χ3v) is 4.15. The maximum absolute atomic E-state index is 12.8. The molecule has 2 heterocycles. The average Bonchev–Trinajstić information content (AvgIpc) is 3.07. The molecule has 8 heteroatoms. The molecule has 0 spiro atoms. The second-order valence-electron chi connectivity index (χ2n) is 5.84. The molecule has 130 valence electrons. The van der Waals surface area contributed by atoms with Crippen LogP contribution in [0.2, 0.25) is 0 Å². The molecule has 0 aromatic heterocycles. The van der Waals surface area contributed by atoms with Crippen molar-refractivity contribution in [3.63, 3.8) is 0 Å². The zero-order valence-electron chi connectivity index (χ0n) is 14.1. The summed E-state index contributed by atoms with van der Waals surface area (Å²) in [6, 6.07) is 5.68. The Hall–Kier alpha value is -3.03. The summed E-state index contributed by atoms with van der Waals surface area (Å²) in [6.45, 7) is 4.82. The number of aryl methyl sites for hydroxylation is 1. The number of rotatable bonds is 3. The minimum Gasteiger partial charge on any atom is -0.461 e. The van der Waals surface area contributed by atoms with E-state index in [0.717, 1.165) is 15.5 Å². The third kappa shape index (κ3) is 2.59. The van der Waals surface area contributed by atoms with Gasteiger partial charge < -0.3 is 4.74 Å². The molecule has 0 unspecified atom stereocenters. The molecule has 0 aliphatic carbocycles. The largest absolute Gasteiger partial charge is 0.461 e. The van der Waals surface area contributed by atoms with Crippen LogP contribution in [-0.4, -0.2) is 47.1 Å². The van der Waals surface area contributed by atoms with Gasteiger partial charge in [0.05, 0.1) is 12.3 Å². The number of nitrogens with zero attached hydrogens (tertiary/aromatic N) is 3. The quantitative estimate of drug-likeness (QED) is 0.592. The molecule has 2 aliphatic rings. The van der Waals surface area contributed by atoms with E-state index >= 15 is 0 Å². The van der Waals surface area contributed by atoms with E-state index in [-0.39, 0.29) is 12.3 Å². The van der Waals surface area contributed by atoms with Crippen molar-refractivity contribution in [2.24, 2.45) is 11.0 Å². The highest BCUT2D eigenvalue weighted by atomic mass is 16.5. The minimum absolute atomic E-state index is 0.0964. The minimum atomic E-state index is -1.15. The molecule has 3 amide bonds. The molecule has 8 nitrogen and oxygen atoms in total. The normalized spacial score (nSPS) is 22.1. The van der Waals surface area contributed by atoms with Gasteiger partial charge in [-0.1, -0.05) is 17.7 Å². The summed E-state index contributed by atoms with van der Waals surface area (Å²) >= 11 is 0. The lowest BCUT2D eigenvalue weighted by molar-refractivity contribution is -0.136. The SMILES string of the molecule is CCOC(=O)C1=NN(C(C)=O)[C@H]2C(=O)N(c3ccc(C)cc3)C(=O)[C@@H]12. The van der Waals surface area contributed by atoms with Gasteiger partial charge in [0.2, 0.25) is 11.8 Å². The molecular weight excluding hydrogens is 326 g/mol. The molecular formula is C17H17N3O5. The van der Waals surface area contributed by atoms with Crippen molar-refractivity contribution in [2.75, 3.05) is 11.5 Å². The second kappa shape index (κ2) is 6.12. The van der Waals surface area contributed by atoms with E-state index in [1.807, 2.05) is 6.92 Å². The lowest BCUT2D eigenvalue weighted by Crippen LogP contribution is -2.41. The van der Waals surface area contributed by atoms with Gasteiger partial charge >= 0.3 is 5.97 Å². The molecule has 25 heavy (non-hydrogen) atoms. The number of hydrogen-bond donors (Lipinski definition) is 0. The Morgan fingerprint density at radius 2 is 1.80 bits per heavy atom.